The fraction of sp³-hybridized carbons (Fsp3) is 0.579. The molecule has 0 radical (unpaired) electrons. The van der Waals surface area contributed by atoms with E-state index in [-0.39, 0.29) is 11.9 Å². The van der Waals surface area contributed by atoms with Gasteiger partial charge in [-0.3, -0.25) is 14.8 Å². The number of nitrogens with one attached hydrogen (secondary N) is 3. The van der Waals surface area contributed by atoms with Gasteiger partial charge in [0.25, 0.3) is 0 Å². The molecule has 1 amide bonds. The van der Waals surface area contributed by atoms with Crippen molar-refractivity contribution in [1.82, 2.24) is 25.7 Å². The van der Waals surface area contributed by atoms with Crippen LogP contribution in [0.15, 0.2) is 18.2 Å². The Labute approximate surface area is 149 Å². The van der Waals surface area contributed by atoms with E-state index >= 15 is 0 Å². The molecule has 0 bridgehead atoms. The van der Waals surface area contributed by atoms with Gasteiger partial charge in [-0.15, -0.1) is 0 Å². The normalized spacial score (nSPS) is 19.5. The Morgan fingerprint density at radius 3 is 2.88 bits per heavy atom. The average molecular weight is 343 g/mol. The van der Waals surface area contributed by atoms with Gasteiger partial charge in [0, 0.05) is 31.1 Å². The molecule has 0 spiro atoms. The zero-order valence-corrected chi connectivity index (χ0v) is 15.8. The molecule has 136 valence electrons. The van der Waals surface area contributed by atoms with E-state index in [1.54, 1.807) is 0 Å². The molecule has 0 saturated carbocycles. The lowest BCUT2D eigenvalue weighted by atomic mass is 9.95. The van der Waals surface area contributed by atoms with Crippen LogP contribution < -0.4 is 10.6 Å². The summed E-state index contributed by atoms with van der Waals surface area (Å²) >= 11 is 0. The number of nitrogens with zero attached hydrogens (tertiary/aromatic N) is 2. The van der Waals surface area contributed by atoms with Gasteiger partial charge in [0.05, 0.1) is 16.7 Å². The molecule has 2 heterocycles. The molecule has 1 aromatic heterocycles. The molecule has 3 rings (SSSR count). The van der Waals surface area contributed by atoms with Crippen LogP contribution in [0.4, 0.5) is 0 Å². The van der Waals surface area contributed by atoms with Gasteiger partial charge in [-0.1, -0.05) is 18.2 Å². The molecular formula is C19H29N5O. The summed E-state index contributed by atoms with van der Waals surface area (Å²) in [6.07, 6.45) is 0. The molecule has 1 atom stereocenters. The number of amides is 1. The molecular weight excluding hydrogens is 314 g/mol. The van der Waals surface area contributed by atoms with E-state index in [1.807, 2.05) is 19.9 Å². The Morgan fingerprint density at radius 1 is 1.40 bits per heavy atom. The van der Waals surface area contributed by atoms with E-state index < -0.39 is 5.54 Å². The number of benzene rings is 1. The van der Waals surface area contributed by atoms with Gasteiger partial charge >= 0.3 is 0 Å². The first-order valence-electron chi connectivity index (χ1n) is 9.04. The second kappa shape index (κ2) is 6.77. The third-order valence-electron chi connectivity index (χ3n) is 5.09. The van der Waals surface area contributed by atoms with Crippen molar-refractivity contribution in [2.24, 2.45) is 0 Å². The molecule has 1 saturated heterocycles. The van der Waals surface area contributed by atoms with E-state index in [0.717, 1.165) is 35.2 Å². The summed E-state index contributed by atoms with van der Waals surface area (Å²) in [6, 6.07) is 6.33. The molecule has 0 aliphatic carbocycles. The van der Waals surface area contributed by atoms with Crippen LogP contribution >= 0.6 is 0 Å². The molecule has 6 heteroatoms. The molecule has 3 N–H and O–H groups in total. The summed E-state index contributed by atoms with van der Waals surface area (Å²) < 4.78 is 0. The lowest BCUT2D eigenvalue weighted by molar-refractivity contribution is -0.129. The first kappa shape index (κ1) is 17.9. The smallest absolute Gasteiger partial charge is 0.239 e. The molecule has 1 aromatic carbocycles. The zero-order chi connectivity index (χ0) is 18.2. The van der Waals surface area contributed by atoms with Crippen LogP contribution in [0.1, 0.15) is 39.0 Å². The number of aromatic nitrogens is 2. The number of hydrogen-bond donors (Lipinski definition) is 3. The van der Waals surface area contributed by atoms with Gasteiger partial charge in [0.2, 0.25) is 5.91 Å². The highest BCUT2D eigenvalue weighted by molar-refractivity contribution is 5.87. The minimum atomic E-state index is -0.552. The minimum absolute atomic E-state index is 0.0507. The van der Waals surface area contributed by atoms with Gasteiger partial charge in [0.1, 0.15) is 6.04 Å². The van der Waals surface area contributed by atoms with Crippen LogP contribution in [0.25, 0.3) is 10.9 Å². The SMILES string of the molecule is Cc1cccc2c(C(C)(C)NC(=O)[C@@H]3CNCCN3C(C)C)n[nH]c12. The van der Waals surface area contributed by atoms with Gasteiger partial charge < -0.3 is 10.6 Å². The Morgan fingerprint density at radius 2 is 2.16 bits per heavy atom. The monoisotopic (exact) mass is 343 g/mol. The highest BCUT2D eigenvalue weighted by Crippen LogP contribution is 2.28. The summed E-state index contributed by atoms with van der Waals surface area (Å²) in [5.41, 5.74) is 2.51. The number of H-pyrrole nitrogens is 1. The topological polar surface area (TPSA) is 73.1 Å². The van der Waals surface area contributed by atoms with Gasteiger partial charge in [-0.05, 0) is 40.2 Å². The van der Waals surface area contributed by atoms with Crippen LogP contribution in [-0.4, -0.2) is 52.7 Å². The van der Waals surface area contributed by atoms with E-state index in [4.69, 9.17) is 0 Å². The number of aromatic amines is 1. The van der Waals surface area contributed by atoms with Crippen molar-refractivity contribution in [2.45, 2.75) is 52.2 Å². The van der Waals surface area contributed by atoms with Crippen molar-refractivity contribution in [1.29, 1.82) is 0 Å². The third kappa shape index (κ3) is 3.41. The molecule has 0 unspecified atom stereocenters. The fourth-order valence-corrected chi connectivity index (χ4v) is 3.69. The summed E-state index contributed by atoms with van der Waals surface area (Å²) in [6.45, 7) is 12.9. The average Bonchev–Trinajstić information content (AvgIpc) is 3.01. The summed E-state index contributed by atoms with van der Waals surface area (Å²) in [7, 11) is 0. The Kier molecular flexibility index (Phi) is 4.84. The van der Waals surface area contributed by atoms with Crippen LogP contribution in [0.3, 0.4) is 0 Å². The lowest BCUT2D eigenvalue weighted by Crippen LogP contribution is -2.61. The predicted octanol–water partition coefficient (Wildman–Crippen LogP) is 1.90. The number of rotatable bonds is 4. The number of carbonyl (C=O) groups excluding carboxylic acids is 1. The molecule has 1 aliphatic rings. The van der Waals surface area contributed by atoms with Crippen LogP contribution in [0.5, 0.6) is 0 Å². The van der Waals surface area contributed by atoms with Crippen molar-refractivity contribution in [3.05, 3.63) is 29.5 Å². The summed E-state index contributed by atoms with van der Waals surface area (Å²) in [5.74, 6) is 0.0507. The highest BCUT2D eigenvalue weighted by Gasteiger charge is 2.35. The maximum atomic E-state index is 13.0. The van der Waals surface area contributed by atoms with E-state index in [9.17, 15) is 4.79 Å². The number of carbonyl (C=O) groups is 1. The van der Waals surface area contributed by atoms with Crippen molar-refractivity contribution < 1.29 is 4.79 Å². The summed E-state index contributed by atoms with van der Waals surface area (Å²) in [5, 5.41) is 15.2. The maximum absolute atomic E-state index is 13.0. The second-order valence-corrected chi connectivity index (χ2v) is 7.74. The standard InChI is InChI=1S/C19H29N5O/c1-12(2)24-10-9-20-11-15(24)18(25)21-19(4,5)17-14-8-6-7-13(3)16(14)22-23-17/h6-8,12,15,20H,9-11H2,1-5H3,(H,21,25)(H,22,23)/t15-/m0/s1. The number of fused-ring (bicyclic) bond motifs is 1. The number of hydrogen-bond acceptors (Lipinski definition) is 4. The quantitative estimate of drug-likeness (QED) is 0.793. The van der Waals surface area contributed by atoms with Crippen molar-refractivity contribution in [3.8, 4) is 0 Å². The van der Waals surface area contributed by atoms with E-state index in [0.29, 0.717) is 12.6 Å². The molecule has 1 aliphatic heterocycles. The largest absolute Gasteiger partial charge is 0.344 e. The Balaban J connectivity index is 1.84. The number of para-hydroxylation sites is 1. The first-order chi connectivity index (χ1) is 11.8. The van der Waals surface area contributed by atoms with Gasteiger partial charge in [-0.2, -0.15) is 5.10 Å². The highest BCUT2D eigenvalue weighted by atomic mass is 16.2. The van der Waals surface area contributed by atoms with Gasteiger partial charge in [0.15, 0.2) is 0 Å². The van der Waals surface area contributed by atoms with E-state index in [2.05, 4.69) is 58.6 Å². The van der Waals surface area contributed by atoms with Crippen LogP contribution in [0, 0.1) is 6.92 Å². The van der Waals surface area contributed by atoms with Gasteiger partial charge in [-0.25, -0.2) is 0 Å². The van der Waals surface area contributed by atoms with Crippen LogP contribution in [0.2, 0.25) is 0 Å². The fourth-order valence-electron chi connectivity index (χ4n) is 3.69. The van der Waals surface area contributed by atoms with E-state index in [1.165, 1.54) is 0 Å². The molecule has 2 aromatic rings. The number of piperazine rings is 1. The Bertz CT molecular complexity index is 764. The van der Waals surface area contributed by atoms with Crippen molar-refractivity contribution in [3.63, 3.8) is 0 Å². The number of aryl methyl sites for hydroxylation is 1. The minimum Gasteiger partial charge on any atom is -0.344 e. The Hall–Kier alpha value is -1.92. The van der Waals surface area contributed by atoms with Crippen LogP contribution in [-0.2, 0) is 10.3 Å². The first-order valence-corrected chi connectivity index (χ1v) is 9.04. The summed E-state index contributed by atoms with van der Waals surface area (Å²) in [4.78, 5) is 15.3. The zero-order valence-electron chi connectivity index (χ0n) is 15.8. The lowest BCUT2D eigenvalue weighted by Gasteiger charge is -2.39. The molecule has 1 fully saturated rings. The third-order valence-corrected chi connectivity index (χ3v) is 5.09. The molecule has 6 nitrogen and oxygen atoms in total. The second-order valence-electron chi connectivity index (χ2n) is 7.74. The molecule has 25 heavy (non-hydrogen) atoms. The predicted molar refractivity (Wildman–Crippen MR) is 100 cm³/mol. The van der Waals surface area contributed by atoms with Crippen molar-refractivity contribution >= 4 is 16.8 Å². The maximum Gasteiger partial charge on any atom is 0.239 e. The van der Waals surface area contributed by atoms with Crippen molar-refractivity contribution in [2.75, 3.05) is 19.6 Å².